The molecule has 0 radical (unpaired) electrons. The molecular formula is C33H27Cl3N2O6. The number of ether oxygens (including phenoxy) is 1. The van der Waals surface area contributed by atoms with Gasteiger partial charge in [-0.3, -0.25) is 19.0 Å². The highest BCUT2D eigenvalue weighted by Crippen LogP contribution is 2.34. The van der Waals surface area contributed by atoms with Gasteiger partial charge in [-0.05, 0) is 78.7 Å². The number of anilines is 2. The molecule has 0 fully saturated rings. The van der Waals surface area contributed by atoms with Crippen LogP contribution in [-0.2, 0) is 22.4 Å². The maximum atomic E-state index is 13.0. The fraction of sp³-hybridized carbons (Fsp3) is 0.121. The summed E-state index contributed by atoms with van der Waals surface area (Å²) in [6.45, 7) is 1.75. The van der Waals surface area contributed by atoms with Gasteiger partial charge in [-0.1, -0.05) is 59.1 Å². The van der Waals surface area contributed by atoms with E-state index in [9.17, 15) is 19.5 Å². The number of methoxy groups -OCH3 is 1. The Kier molecular flexibility index (Phi) is 10.5. The number of aliphatic carboxylic acids is 2. The summed E-state index contributed by atoms with van der Waals surface area (Å²) in [5.41, 5.74) is 4.25. The van der Waals surface area contributed by atoms with E-state index in [0.29, 0.717) is 65.5 Å². The molecule has 0 saturated carbocycles. The van der Waals surface area contributed by atoms with Gasteiger partial charge in [-0.15, -0.1) is 0 Å². The topological polar surface area (TPSA) is 118 Å². The van der Waals surface area contributed by atoms with Gasteiger partial charge < -0.3 is 20.3 Å². The zero-order valence-corrected chi connectivity index (χ0v) is 25.9. The van der Waals surface area contributed by atoms with E-state index in [4.69, 9.17) is 44.6 Å². The number of hydrogen-bond donors (Lipinski definition) is 3. The van der Waals surface area contributed by atoms with Gasteiger partial charge in [0.25, 0.3) is 5.91 Å². The van der Waals surface area contributed by atoms with Crippen molar-refractivity contribution in [1.82, 2.24) is 4.57 Å². The number of benzene rings is 4. The maximum Gasteiger partial charge on any atom is 0.307 e. The molecule has 3 N–H and O–H groups in total. The van der Waals surface area contributed by atoms with Crippen molar-refractivity contribution in [3.63, 3.8) is 0 Å². The van der Waals surface area contributed by atoms with Gasteiger partial charge in [0.05, 0.1) is 41.2 Å². The zero-order chi connectivity index (χ0) is 32.0. The van der Waals surface area contributed by atoms with Crippen LogP contribution in [0.3, 0.4) is 0 Å². The van der Waals surface area contributed by atoms with Crippen LogP contribution in [0.4, 0.5) is 11.4 Å². The number of rotatable bonds is 8. The molecule has 0 spiro atoms. The molecular weight excluding hydrogens is 627 g/mol. The smallest absolute Gasteiger partial charge is 0.307 e. The number of aromatic nitrogens is 1. The highest BCUT2D eigenvalue weighted by molar-refractivity contribution is 6.39. The van der Waals surface area contributed by atoms with Crippen LogP contribution in [-0.4, -0.2) is 39.7 Å². The average Bonchev–Trinajstić information content (AvgIpc) is 3.25. The molecule has 4 aromatic carbocycles. The molecule has 0 saturated heterocycles. The Morgan fingerprint density at radius 3 is 2.07 bits per heavy atom. The molecule has 0 amide bonds. The van der Waals surface area contributed by atoms with Crippen LogP contribution in [0.1, 0.15) is 27.2 Å². The van der Waals surface area contributed by atoms with Gasteiger partial charge >= 0.3 is 11.9 Å². The number of fused-ring (bicyclic) bond motifs is 1. The lowest BCUT2D eigenvalue weighted by atomic mass is 10.1. The summed E-state index contributed by atoms with van der Waals surface area (Å²) in [5.74, 6) is -1.47. The minimum absolute atomic E-state index is 0.0642. The van der Waals surface area contributed by atoms with Crippen molar-refractivity contribution < 1.29 is 29.3 Å². The van der Waals surface area contributed by atoms with E-state index in [2.05, 4.69) is 5.32 Å². The first-order valence-corrected chi connectivity index (χ1v) is 14.3. The molecule has 1 heterocycles. The Morgan fingerprint density at radius 2 is 1.45 bits per heavy atom. The number of carboxylic acid groups (broad SMARTS) is 2. The summed E-state index contributed by atoms with van der Waals surface area (Å²) in [6, 6.07) is 24.2. The van der Waals surface area contributed by atoms with E-state index in [1.54, 1.807) is 92.9 Å². The fourth-order valence-electron chi connectivity index (χ4n) is 4.66. The Bertz CT molecular complexity index is 1830. The number of hydrogen-bond acceptors (Lipinski definition) is 5. The summed E-state index contributed by atoms with van der Waals surface area (Å²) in [5, 5.41) is 23.4. The lowest BCUT2D eigenvalue weighted by molar-refractivity contribution is -0.137. The molecule has 226 valence electrons. The molecule has 8 nitrogen and oxygen atoms in total. The van der Waals surface area contributed by atoms with Crippen molar-refractivity contribution in [3.05, 3.63) is 122 Å². The third-order valence-electron chi connectivity index (χ3n) is 6.75. The summed E-state index contributed by atoms with van der Waals surface area (Å²) in [7, 11) is 1.54. The Labute approximate surface area is 268 Å². The molecule has 0 aliphatic heterocycles. The van der Waals surface area contributed by atoms with E-state index < -0.39 is 11.9 Å². The number of carbonyl (C=O) groups excluding carboxylic acids is 1. The van der Waals surface area contributed by atoms with Gasteiger partial charge in [-0.25, -0.2) is 0 Å². The zero-order valence-electron chi connectivity index (χ0n) is 23.6. The summed E-state index contributed by atoms with van der Waals surface area (Å²) >= 11 is 18.0. The first-order valence-electron chi connectivity index (χ1n) is 13.2. The highest BCUT2D eigenvalue weighted by Gasteiger charge is 2.22. The summed E-state index contributed by atoms with van der Waals surface area (Å²) in [6.07, 6.45) is -0.234. The Morgan fingerprint density at radius 1 is 0.818 bits per heavy atom. The molecule has 44 heavy (non-hydrogen) atoms. The van der Waals surface area contributed by atoms with E-state index in [1.165, 1.54) is 4.57 Å². The second kappa shape index (κ2) is 14.3. The number of carboxylic acids is 2. The normalized spacial score (nSPS) is 10.6. The number of carbonyl (C=O) groups is 3. The number of para-hydroxylation sites is 2. The third kappa shape index (κ3) is 7.52. The van der Waals surface area contributed by atoms with Gasteiger partial charge in [-0.2, -0.15) is 0 Å². The predicted octanol–water partition coefficient (Wildman–Crippen LogP) is 8.29. The van der Waals surface area contributed by atoms with Crippen molar-refractivity contribution in [2.24, 2.45) is 0 Å². The van der Waals surface area contributed by atoms with Crippen LogP contribution in [0.15, 0.2) is 84.9 Å². The van der Waals surface area contributed by atoms with Crippen LogP contribution in [0.25, 0.3) is 10.9 Å². The standard InChI is InChI=1S/C19H16ClNO4.C14H11Cl2NO2/c1-11-15(10-18(22)23)16-9-14(25-2)7-8-17(16)21(11)19(24)12-3-5-13(20)6-4-12;15-10-5-3-6-11(16)14(10)17-12-7-2-1-4-9(12)8-13(18)19/h3-9H,10H2,1-2H3,(H,22,23);1-7,17H,8H2,(H,18,19). The fourth-order valence-corrected chi connectivity index (χ4v) is 5.28. The minimum atomic E-state index is -0.955. The first kappa shape index (κ1) is 32.4. The van der Waals surface area contributed by atoms with Crippen LogP contribution in [0, 0.1) is 6.92 Å². The number of halogens is 3. The van der Waals surface area contributed by atoms with Gasteiger partial charge in [0.2, 0.25) is 0 Å². The summed E-state index contributed by atoms with van der Waals surface area (Å²) < 4.78 is 6.77. The van der Waals surface area contributed by atoms with Crippen LogP contribution in [0.5, 0.6) is 5.75 Å². The molecule has 0 aliphatic rings. The van der Waals surface area contributed by atoms with Crippen molar-refractivity contribution in [1.29, 1.82) is 0 Å². The van der Waals surface area contributed by atoms with Crippen LogP contribution >= 0.6 is 34.8 Å². The van der Waals surface area contributed by atoms with E-state index in [1.807, 2.05) is 6.07 Å². The lowest BCUT2D eigenvalue weighted by Gasteiger charge is -2.13. The molecule has 1 aromatic heterocycles. The highest BCUT2D eigenvalue weighted by atomic mass is 35.5. The molecule has 0 aliphatic carbocycles. The van der Waals surface area contributed by atoms with Crippen molar-refractivity contribution >= 4 is 74.9 Å². The third-order valence-corrected chi connectivity index (χ3v) is 7.63. The minimum Gasteiger partial charge on any atom is -0.497 e. The Hall–Kier alpha value is -4.50. The number of nitrogens with one attached hydrogen (secondary N) is 1. The van der Waals surface area contributed by atoms with Crippen molar-refractivity contribution in [3.8, 4) is 5.75 Å². The molecule has 5 rings (SSSR count). The lowest BCUT2D eigenvalue weighted by Crippen LogP contribution is -2.14. The first-order chi connectivity index (χ1) is 21.0. The number of nitrogens with zero attached hydrogens (tertiary/aromatic N) is 1. The largest absolute Gasteiger partial charge is 0.497 e. The predicted molar refractivity (Wildman–Crippen MR) is 173 cm³/mol. The van der Waals surface area contributed by atoms with E-state index in [-0.39, 0.29) is 18.7 Å². The SMILES string of the molecule is COc1ccc2c(c1)c(CC(=O)O)c(C)n2C(=O)c1ccc(Cl)cc1.O=C(O)Cc1ccccc1Nc1c(Cl)cccc1Cl. The molecule has 11 heteroatoms. The monoisotopic (exact) mass is 652 g/mol. The second-order valence-electron chi connectivity index (χ2n) is 9.61. The van der Waals surface area contributed by atoms with Crippen molar-refractivity contribution in [2.75, 3.05) is 12.4 Å². The average molecular weight is 654 g/mol. The quantitative estimate of drug-likeness (QED) is 0.154. The van der Waals surface area contributed by atoms with Gasteiger partial charge in [0.1, 0.15) is 5.75 Å². The summed E-state index contributed by atoms with van der Waals surface area (Å²) in [4.78, 5) is 35.1. The maximum absolute atomic E-state index is 13.0. The second-order valence-corrected chi connectivity index (χ2v) is 10.9. The van der Waals surface area contributed by atoms with Gasteiger partial charge in [0.15, 0.2) is 0 Å². The molecule has 5 aromatic rings. The molecule has 0 atom stereocenters. The van der Waals surface area contributed by atoms with Crippen LogP contribution in [0.2, 0.25) is 15.1 Å². The molecule has 0 bridgehead atoms. The Balaban J connectivity index is 0.000000209. The molecule has 0 unspecified atom stereocenters. The van der Waals surface area contributed by atoms with Crippen LogP contribution < -0.4 is 10.1 Å². The van der Waals surface area contributed by atoms with Crippen molar-refractivity contribution in [2.45, 2.75) is 19.8 Å². The van der Waals surface area contributed by atoms with Gasteiger partial charge in [0, 0.05) is 27.4 Å². The van der Waals surface area contributed by atoms with E-state index in [0.717, 1.165) is 0 Å². The van der Waals surface area contributed by atoms with E-state index >= 15 is 0 Å².